The molecule has 0 radical (unpaired) electrons. The van der Waals surface area contributed by atoms with Gasteiger partial charge in [0.2, 0.25) is 0 Å². The van der Waals surface area contributed by atoms with Crippen LogP contribution in [0, 0.1) is 0 Å². The Morgan fingerprint density at radius 1 is 0.957 bits per heavy atom. The molecule has 0 aromatic heterocycles. The van der Waals surface area contributed by atoms with Gasteiger partial charge in [-0.05, 0) is 54.9 Å². The third-order valence-electron chi connectivity index (χ3n) is 4.79. The van der Waals surface area contributed by atoms with Crippen molar-refractivity contribution in [3.63, 3.8) is 0 Å². The van der Waals surface area contributed by atoms with Gasteiger partial charge in [-0.1, -0.05) is 42.5 Å². The second-order valence-electron chi connectivity index (χ2n) is 6.34. The first-order chi connectivity index (χ1) is 11.2. The number of carbonyl (C=O) groups is 1. The van der Waals surface area contributed by atoms with E-state index < -0.39 is 5.97 Å². The first-order valence-electron chi connectivity index (χ1n) is 8.33. The standard InChI is InChI=1S/C20H23NO2/c22-20(23)18-8-6-16(7-9-18)17-10-12-19(13-11-17)21-14-15-4-2-1-3-5-15/h1-9,17,19,21H,10-14H2,(H,22,23)/t17-,19-. The highest BCUT2D eigenvalue weighted by Gasteiger charge is 2.22. The summed E-state index contributed by atoms with van der Waals surface area (Å²) in [4.78, 5) is 10.9. The molecule has 0 spiro atoms. The second kappa shape index (κ2) is 7.42. The Balaban J connectivity index is 1.49. The fraction of sp³-hybridized carbons (Fsp3) is 0.350. The molecular formula is C20H23NO2. The zero-order chi connectivity index (χ0) is 16.1. The molecule has 0 heterocycles. The van der Waals surface area contributed by atoms with E-state index in [1.807, 2.05) is 18.2 Å². The molecule has 0 bridgehead atoms. The summed E-state index contributed by atoms with van der Waals surface area (Å²) < 4.78 is 0. The number of nitrogens with one attached hydrogen (secondary N) is 1. The fourth-order valence-corrected chi connectivity index (χ4v) is 3.39. The number of aromatic carboxylic acids is 1. The summed E-state index contributed by atoms with van der Waals surface area (Å²) in [6.45, 7) is 0.934. The molecule has 1 aliphatic rings. The molecule has 2 aromatic carbocycles. The number of hydrogen-bond donors (Lipinski definition) is 2. The largest absolute Gasteiger partial charge is 0.478 e. The molecule has 3 nitrogen and oxygen atoms in total. The average Bonchev–Trinajstić information content (AvgIpc) is 2.61. The van der Waals surface area contributed by atoms with Crippen LogP contribution >= 0.6 is 0 Å². The molecule has 1 saturated carbocycles. The van der Waals surface area contributed by atoms with Gasteiger partial charge >= 0.3 is 5.97 Å². The molecule has 120 valence electrons. The summed E-state index contributed by atoms with van der Waals surface area (Å²) in [5.41, 5.74) is 2.97. The maximum absolute atomic E-state index is 10.9. The van der Waals surface area contributed by atoms with Gasteiger partial charge in [-0.2, -0.15) is 0 Å². The molecule has 0 unspecified atom stereocenters. The average molecular weight is 309 g/mol. The van der Waals surface area contributed by atoms with Gasteiger partial charge in [0.1, 0.15) is 0 Å². The number of benzene rings is 2. The summed E-state index contributed by atoms with van der Waals surface area (Å²) in [6, 6.07) is 18.5. The lowest BCUT2D eigenvalue weighted by Crippen LogP contribution is -2.32. The first kappa shape index (κ1) is 15.8. The van der Waals surface area contributed by atoms with Gasteiger partial charge in [0.05, 0.1) is 5.56 Å². The predicted octanol–water partition coefficient (Wildman–Crippen LogP) is 4.20. The van der Waals surface area contributed by atoms with Crippen molar-refractivity contribution in [3.05, 3.63) is 71.3 Å². The third-order valence-corrected chi connectivity index (χ3v) is 4.79. The minimum Gasteiger partial charge on any atom is -0.478 e. The molecule has 1 aliphatic carbocycles. The van der Waals surface area contributed by atoms with Crippen molar-refractivity contribution < 1.29 is 9.90 Å². The molecule has 3 heteroatoms. The molecular weight excluding hydrogens is 286 g/mol. The highest BCUT2D eigenvalue weighted by Crippen LogP contribution is 2.33. The van der Waals surface area contributed by atoms with Crippen LogP contribution in [0.2, 0.25) is 0 Å². The van der Waals surface area contributed by atoms with Gasteiger partial charge < -0.3 is 10.4 Å². The minimum absolute atomic E-state index is 0.368. The molecule has 0 aliphatic heterocycles. The summed E-state index contributed by atoms with van der Waals surface area (Å²) in [6.07, 6.45) is 4.69. The molecule has 1 fully saturated rings. The Morgan fingerprint density at radius 2 is 1.61 bits per heavy atom. The van der Waals surface area contributed by atoms with Crippen molar-refractivity contribution in [3.8, 4) is 0 Å². The van der Waals surface area contributed by atoms with E-state index in [9.17, 15) is 4.79 Å². The Labute approximate surface area is 137 Å². The number of hydrogen-bond acceptors (Lipinski definition) is 2. The molecule has 3 rings (SSSR count). The number of rotatable bonds is 5. The normalized spacial score (nSPS) is 21.0. The molecule has 0 atom stereocenters. The SMILES string of the molecule is O=C(O)c1ccc([C@H]2CC[C@H](NCc3ccccc3)CC2)cc1. The fourth-order valence-electron chi connectivity index (χ4n) is 3.39. The van der Waals surface area contributed by atoms with Crippen molar-refractivity contribution in [2.75, 3.05) is 0 Å². The topological polar surface area (TPSA) is 49.3 Å². The Bertz CT molecular complexity index is 628. The van der Waals surface area contributed by atoms with Crippen LogP contribution in [0.15, 0.2) is 54.6 Å². The Morgan fingerprint density at radius 3 is 2.22 bits per heavy atom. The second-order valence-corrected chi connectivity index (χ2v) is 6.34. The maximum Gasteiger partial charge on any atom is 0.335 e. The van der Waals surface area contributed by atoms with E-state index in [0.29, 0.717) is 17.5 Å². The van der Waals surface area contributed by atoms with Crippen molar-refractivity contribution in [2.24, 2.45) is 0 Å². The van der Waals surface area contributed by atoms with Crippen LogP contribution in [0.1, 0.15) is 53.1 Å². The van der Waals surface area contributed by atoms with Crippen molar-refractivity contribution >= 4 is 5.97 Å². The smallest absolute Gasteiger partial charge is 0.335 e. The van der Waals surface area contributed by atoms with E-state index in [2.05, 4.69) is 29.6 Å². The lowest BCUT2D eigenvalue weighted by Gasteiger charge is -2.29. The lowest BCUT2D eigenvalue weighted by atomic mass is 9.81. The highest BCUT2D eigenvalue weighted by molar-refractivity contribution is 5.87. The summed E-state index contributed by atoms with van der Waals surface area (Å²) in [5.74, 6) is -0.294. The maximum atomic E-state index is 10.9. The molecule has 23 heavy (non-hydrogen) atoms. The highest BCUT2D eigenvalue weighted by atomic mass is 16.4. The van der Waals surface area contributed by atoms with E-state index >= 15 is 0 Å². The quantitative estimate of drug-likeness (QED) is 0.870. The van der Waals surface area contributed by atoms with Crippen molar-refractivity contribution in [2.45, 2.75) is 44.2 Å². The minimum atomic E-state index is -0.856. The number of carboxylic acids is 1. The number of carboxylic acid groups (broad SMARTS) is 1. The van der Waals surface area contributed by atoms with Crippen molar-refractivity contribution in [1.29, 1.82) is 0 Å². The van der Waals surface area contributed by atoms with E-state index in [-0.39, 0.29) is 0 Å². The Hall–Kier alpha value is -2.13. The van der Waals surface area contributed by atoms with Crippen LogP contribution < -0.4 is 5.32 Å². The monoisotopic (exact) mass is 309 g/mol. The van der Waals surface area contributed by atoms with E-state index in [0.717, 1.165) is 6.54 Å². The van der Waals surface area contributed by atoms with E-state index in [1.54, 1.807) is 12.1 Å². The van der Waals surface area contributed by atoms with Gasteiger partial charge in [-0.15, -0.1) is 0 Å². The first-order valence-corrected chi connectivity index (χ1v) is 8.33. The van der Waals surface area contributed by atoms with Crippen LogP contribution in [0.25, 0.3) is 0 Å². The lowest BCUT2D eigenvalue weighted by molar-refractivity contribution is 0.0697. The van der Waals surface area contributed by atoms with Gasteiger partial charge in [0.25, 0.3) is 0 Å². The van der Waals surface area contributed by atoms with Gasteiger partial charge in [-0.25, -0.2) is 4.79 Å². The zero-order valence-corrected chi connectivity index (χ0v) is 13.2. The van der Waals surface area contributed by atoms with E-state index in [4.69, 9.17) is 5.11 Å². The van der Waals surface area contributed by atoms with E-state index in [1.165, 1.54) is 36.8 Å². The van der Waals surface area contributed by atoms with Crippen LogP contribution in [0.5, 0.6) is 0 Å². The molecule has 0 amide bonds. The molecule has 2 aromatic rings. The summed E-state index contributed by atoms with van der Waals surface area (Å²) in [7, 11) is 0. The molecule has 0 saturated heterocycles. The predicted molar refractivity (Wildman–Crippen MR) is 91.7 cm³/mol. The Kier molecular flexibility index (Phi) is 5.09. The van der Waals surface area contributed by atoms with Crippen molar-refractivity contribution in [1.82, 2.24) is 5.32 Å². The third kappa shape index (κ3) is 4.20. The summed E-state index contributed by atoms with van der Waals surface area (Å²) in [5, 5.41) is 12.6. The van der Waals surface area contributed by atoms with Crippen LogP contribution in [-0.4, -0.2) is 17.1 Å². The van der Waals surface area contributed by atoms with Crippen LogP contribution in [-0.2, 0) is 6.54 Å². The van der Waals surface area contributed by atoms with Crippen LogP contribution in [0.3, 0.4) is 0 Å². The van der Waals surface area contributed by atoms with Gasteiger partial charge in [-0.3, -0.25) is 0 Å². The van der Waals surface area contributed by atoms with Gasteiger partial charge in [0, 0.05) is 12.6 Å². The zero-order valence-electron chi connectivity index (χ0n) is 13.2. The van der Waals surface area contributed by atoms with Gasteiger partial charge in [0.15, 0.2) is 0 Å². The molecule has 2 N–H and O–H groups in total. The summed E-state index contributed by atoms with van der Waals surface area (Å²) >= 11 is 0. The van der Waals surface area contributed by atoms with Crippen LogP contribution in [0.4, 0.5) is 0 Å².